The van der Waals surface area contributed by atoms with Crippen LogP contribution in [-0.4, -0.2) is 72.6 Å². The minimum Gasteiger partial charge on any atom is -0.385 e. The van der Waals surface area contributed by atoms with Crippen molar-refractivity contribution in [3.8, 4) is 0 Å². The number of nitrogens with zero attached hydrogens (tertiary/aromatic N) is 3. The minimum absolute atomic E-state index is 0. The van der Waals surface area contributed by atoms with Crippen LogP contribution in [0.4, 0.5) is 13.2 Å². The van der Waals surface area contributed by atoms with Crippen LogP contribution in [0.5, 0.6) is 0 Å². The Labute approximate surface area is 297 Å². The van der Waals surface area contributed by atoms with Gasteiger partial charge in [0.25, 0.3) is 0 Å². The van der Waals surface area contributed by atoms with Crippen LogP contribution in [0.2, 0.25) is 0 Å². The number of amidine groups is 1. The van der Waals surface area contributed by atoms with Crippen molar-refractivity contribution >= 4 is 11.7 Å². The van der Waals surface area contributed by atoms with Crippen LogP contribution in [0.15, 0.2) is 40.3 Å². The molecule has 1 rings (SSSR count). The summed E-state index contributed by atoms with van der Waals surface area (Å²) in [6.45, 7) is 23.6. The predicted octanol–water partition coefficient (Wildman–Crippen LogP) is 8.50. The van der Waals surface area contributed by atoms with Gasteiger partial charge in [-0.25, -0.2) is 4.99 Å². The van der Waals surface area contributed by atoms with Crippen LogP contribution in [0.25, 0.3) is 0 Å². The van der Waals surface area contributed by atoms with Crippen molar-refractivity contribution in [3.05, 3.63) is 49.2 Å². The van der Waals surface area contributed by atoms with Crippen LogP contribution >= 0.6 is 0 Å². The maximum atomic E-state index is 14.2. The Hall–Kier alpha value is -1.24. The molecule has 2 N–H and O–H groups in total. The van der Waals surface area contributed by atoms with E-state index in [0.29, 0.717) is 37.8 Å². The molecule has 3 atom stereocenters. The summed E-state index contributed by atoms with van der Waals surface area (Å²) in [6.07, 6.45) is 8.85. The first-order valence-corrected chi connectivity index (χ1v) is 16.9. The summed E-state index contributed by atoms with van der Waals surface area (Å²) in [5, 5.41) is 6.32. The van der Waals surface area contributed by atoms with Crippen molar-refractivity contribution in [1.29, 1.82) is 0 Å². The molecule has 3 unspecified atom stereocenters. The van der Waals surface area contributed by atoms with E-state index in [1.807, 2.05) is 13.8 Å². The number of rotatable bonds is 18. The molecule has 1 heterocycles. The third kappa shape index (κ3) is 15.5. The second-order valence-electron chi connectivity index (χ2n) is 11.3. The second-order valence-corrected chi connectivity index (χ2v) is 11.3. The van der Waals surface area contributed by atoms with Gasteiger partial charge in [-0.05, 0) is 39.0 Å². The van der Waals surface area contributed by atoms with Crippen molar-refractivity contribution in [2.24, 2.45) is 4.99 Å². The molecule has 10 heteroatoms. The van der Waals surface area contributed by atoms with E-state index >= 15 is 0 Å². The van der Waals surface area contributed by atoms with Crippen LogP contribution in [-0.2, 0) is 4.79 Å². The van der Waals surface area contributed by atoms with Crippen LogP contribution in [0.1, 0.15) is 113 Å². The number of nitrogens with one attached hydrogen (secondary N) is 2. The van der Waals surface area contributed by atoms with E-state index in [1.54, 1.807) is 18.7 Å². The number of aliphatic imine (C=N–C) groups is 1. The molecule has 1 amide bonds. The van der Waals surface area contributed by atoms with Crippen LogP contribution in [0, 0.1) is 45.0 Å². The largest absolute Gasteiger partial charge is 2.00 e. The number of allylic oxidation sites excluding steroid dienone is 2. The molecule has 45 heavy (non-hydrogen) atoms. The van der Waals surface area contributed by atoms with Gasteiger partial charge < -0.3 is 33.9 Å². The number of amides is 1. The molecule has 6 nitrogen and oxygen atoms in total. The molecule has 0 aromatic heterocycles. The maximum absolute atomic E-state index is 14.2. The molecule has 0 aliphatic carbocycles. The zero-order valence-corrected chi connectivity index (χ0v) is 33.7. The van der Waals surface area contributed by atoms with Crippen LogP contribution in [0.3, 0.4) is 0 Å². The molecule has 0 bridgehead atoms. The molecule has 0 saturated carbocycles. The molecular formula is C35H63F3N5OU+. The summed E-state index contributed by atoms with van der Waals surface area (Å²) in [4.78, 5) is 17.7. The number of quaternary nitrogens is 1. The summed E-state index contributed by atoms with van der Waals surface area (Å²) in [5.74, 6) is 0.311. The van der Waals surface area contributed by atoms with Gasteiger partial charge in [-0.3, -0.25) is 4.79 Å². The van der Waals surface area contributed by atoms with Crippen molar-refractivity contribution in [3.63, 3.8) is 0 Å². The SMILES string of the molecule is CC.[CH2-]CC(=O)N(C[CH2-])CCCNC(=C\CC)/C(=C\N=C(C)NC1=CCC[N+](C)(C(CCC)CCCC)C1CC)C(F)(F)F.[U+2]. The zero-order valence-electron chi connectivity index (χ0n) is 29.6. The Morgan fingerprint density at radius 3 is 2.33 bits per heavy atom. The molecule has 0 fully saturated rings. The molecule has 0 saturated heterocycles. The fourth-order valence-electron chi connectivity index (χ4n) is 6.02. The van der Waals surface area contributed by atoms with Crippen molar-refractivity contribution in [2.45, 2.75) is 131 Å². The van der Waals surface area contributed by atoms with Gasteiger partial charge in [0.15, 0.2) is 5.91 Å². The molecule has 1 aliphatic heterocycles. The van der Waals surface area contributed by atoms with E-state index in [-0.39, 0.29) is 61.7 Å². The summed E-state index contributed by atoms with van der Waals surface area (Å²) < 4.78 is 43.6. The first-order valence-electron chi connectivity index (χ1n) is 16.9. The van der Waals surface area contributed by atoms with Gasteiger partial charge in [0.05, 0.1) is 30.9 Å². The van der Waals surface area contributed by atoms with E-state index in [0.717, 1.165) is 42.2 Å². The third-order valence-electron chi connectivity index (χ3n) is 8.25. The van der Waals surface area contributed by atoms with E-state index in [4.69, 9.17) is 0 Å². The third-order valence-corrected chi connectivity index (χ3v) is 8.25. The maximum Gasteiger partial charge on any atom is 2.00 e. The summed E-state index contributed by atoms with van der Waals surface area (Å²) in [5.41, 5.74) is 0.236. The average Bonchev–Trinajstić information content (AvgIpc) is 2.99. The molecule has 0 aromatic rings. The van der Waals surface area contributed by atoms with Gasteiger partial charge in [-0.2, -0.15) is 13.2 Å². The van der Waals surface area contributed by atoms with Gasteiger partial charge in [0.2, 0.25) is 0 Å². The number of halogens is 3. The standard InChI is InChI=1S/C33H57F3N5O.C2H6.U/c1-9-15-20-27(18-10-2)41(8)24-16-21-30(31(41)12-4)39-26(7)38-25-28(33(34,35)36)29(19-11-3)37-22-17-23-40(14-6)32(42)13-5;1-2;/h19,21,25,27,31,37H,5-6,9-18,20,22-24H2,1-4,7-8H3,(H,38,39);1-2H3;/q-1;;+2/b28-25+,29-19-;;. The Bertz CT molecular complexity index is 948. The Balaban J connectivity index is 0. The van der Waals surface area contributed by atoms with Crippen LogP contribution < -0.4 is 10.6 Å². The van der Waals surface area contributed by atoms with Crippen molar-refractivity contribution in [2.75, 3.05) is 33.2 Å². The van der Waals surface area contributed by atoms with Gasteiger partial charge in [0.1, 0.15) is 11.9 Å². The number of alkyl halides is 3. The van der Waals surface area contributed by atoms with Crippen molar-refractivity contribution < 1.29 is 53.6 Å². The molecule has 0 aromatic carbocycles. The number of hydrogen-bond donors (Lipinski definition) is 2. The van der Waals surface area contributed by atoms with Crippen molar-refractivity contribution in [1.82, 2.24) is 15.5 Å². The summed E-state index contributed by atoms with van der Waals surface area (Å²) >= 11 is 0. The minimum atomic E-state index is -4.58. The topological polar surface area (TPSA) is 56.7 Å². The normalized spacial score (nSPS) is 19.9. The van der Waals surface area contributed by atoms with Gasteiger partial charge in [-0.15, -0.1) is 13.0 Å². The second kappa shape index (κ2) is 24.9. The fraction of sp³-hybridized carbons (Fsp3) is 0.714. The number of carbonyl (C=O) groups excluding carboxylic acids is 1. The number of hydrogen-bond acceptors (Lipinski definition) is 3. The van der Waals surface area contributed by atoms with Gasteiger partial charge >= 0.3 is 37.3 Å². The van der Waals surface area contributed by atoms with E-state index in [9.17, 15) is 18.0 Å². The number of likely N-dealkylation sites (N-methyl/N-ethyl adjacent to an activating group) is 1. The monoisotopic (exact) mass is 865 g/mol. The zero-order chi connectivity index (χ0) is 33.8. The molecular weight excluding hydrogens is 801 g/mol. The molecule has 1 aliphatic rings. The van der Waals surface area contributed by atoms with E-state index in [1.165, 1.54) is 31.8 Å². The number of unbranched alkanes of at least 4 members (excludes halogenated alkanes) is 1. The summed E-state index contributed by atoms with van der Waals surface area (Å²) in [7, 11) is 2.35. The first kappa shape index (κ1) is 45.9. The quantitative estimate of drug-likeness (QED) is 0.0363. The summed E-state index contributed by atoms with van der Waals surface area (Å²) in [6, 6.07) is 0.804. The Morgan fingerprint density at radius 2 is 1.82 bits per heavy atom. The Morgan fingerprint density at radius 1 is 1.16 bits per heavy atom. The predicted molar refractivity (Wildman–Crippen MR) is 181 cm³/mol. The van der Waals surface area contributed by atoms with Gasteiger partial charge in [0, 0.05) is 37.8 Å². The Kier molecular flexibility index (Phi) is 25.4. The smallest absolute Gasteiger partial charge is 0.385 e. The van der Waals surface area contributed by atoms with E-state index in [2.05, 4.69) is 63.4 Å². The number of carbonyl (C=O) groups is 1. The first-order chi connectivity index (χ1) is 20.9. The van der Waals surface area contributed by atoms with E-state index < -0.39 is 11.7 Å². The molecule has 0 radical (unpaired) electrons. The molecule has 258 valence electrons. The van der Waals surface area contributed by atoms with Gasteiger partial charge in [-0.1, -0.05) is 66.5 Å². The molecule has 0 spiro atoms. The average molecular weight is 865 g/mol. The fourth-order valence-corrected chi connectivity index (χ4v) is 6.02.